The third kappa shape index (κ3) is 4.12. The van der Waals surface area contributed by atoms with E-state index in [0.29, 0.717) is 6.54 Å². The number of benzene rings is 1. The molecule has 152 valence electrons. The fourth-order valence-corrected chi connectivity index (χ4v) is 4.68. The normalized spacial score (nSPS) is 16.7. The smallest absolute Gasteiger partial charge is 0.229 e. The molecule has 0 spiro atoms. The summed E-state index contributed by atoms with van der Waals surface area (Å²) in [6, 6.07) is 11.6. The molecule has 7 nitrogen and oxygen atoms in total. The molecule has 0 saturated carbocycles. The number of carbonyl (C=O) groups excluding carboxylic acids is 1. The fraction of sp³-hybridized carbons (Fsp3) is 0.381. The minimum Gasteiger partial charge on any atom is -0.497 e. The van der Waals surface area contributed by atoms with E-state index in [4.69, 9.17) is 4.74 Å². The van der Waals surface area contributed by atoms with Crippen molar-refractivity contribution in [3.8, 4) is 10.9 Å². The Bertz CT molecular complexity index is 975. The molecule has 8 heteroatoms. The molecule has 1 atom stereocenters. The van der Waals surface area contributed by atoms with Crippen molar-refractivity contribution >= 4 is 28.1 Å². The molecule has 1 N–H and O–H groups in total. The van der Waals surface area contributed by atoms with Gasteiger partial charge in [-0.25, -0.2) is 0 Å². The molecule has 1 unspecified atom stereocenters. The highest BCUT2D eigenvalue weighted by Crippen LogP contribution is 2.29. The lowest BCUT2D eigenvalue weighted by molar-refractivity contribution is -0.120. The molecule has 1 aromatic carbocycles. The van der Waals surface area contributed by atoms with Gasteiger partial charge in [0.1, 0.15) is 5.75 Å². The average molecular weight is 412 g/mol. The highest BCUT2D eigenvalue weighted by molar-refractivity contribution is 7.17. The molecule has 4 rings (SSSR count). The number of methoxy groups -OCH3 is 1. The maximum Gasteiger partial charge on any atom is 0.229 e. The first-order chi connectivity index (χ1) is 14.0. The van der Waals surface area contributed by atoms with Gasteiger partial charge in [0, 0.05) is 30.2 Å². The van der Waals surface area contributed by atoms with Gasteiger partial charge < -0.3 is 15.0 Å². The first kappa shape index (κ1) is 19.4. The molecular formula is C21H25N5O2S. The summed E-state index contributed by atoms with van der Waals surface area (Å²) in [7, 11) is 1.63. The van der Waals surface area contributed by atoms with Gasteiger partial charge >= 0.3 is 0 Å². The summed E-state index contributed by atoms with van der Waals surface area (Å²) in [6.45, 7) is 5.67. The first-order valence-corrected chi connectivity index (χ1v) is 10.6. The molecule has 1 aliphatic heterocycles. The predicted octanol–water partition coefficient (Wildman–Crippen LogP) is 3.81. The van der Waals surface area contributed by atoms with E-state index in [2.05, 4.69) is 51.0 Å². The number of ether oxygens (including phenoxy) is 1. The van der Waals surface area contributed by atoms with Crippen LogP contribution in [0, 0.1) is 19.8 Å². The molecule has 1 saturated heterocycles. The molecule has 1 amide bonds. The van der Waals surface area contributed by atoms with Gasteiger partial charge in [0.05, 0.1) is 13.0 Å². The molecule has 3 aromatic rings. The zero-order valence-electron chi connectivity index (χ0n) is 16.9. The lowest BCUT2D eigenvalue weighted by Gasteiger charge is -2.31. The van der Waals surface area contributed by atoms with Crippen LogP contribution >= 0.6 is 11.3 Å². The van der Waals surface area contributed by atoms with E-state index in [1.807, 2.05) is 24.3 Å². The molecular weight excluding hydrogens is 386 g/mol. The minimum atomic E-state index is -0.0757. The number of nitrogens with one attached hydrogen (secondary N) is 1. The molecule has 0 bridgehead atoms. The second-order valence-corrected chi connectivity index (χ2v) is 8.26. The standard InChI is InChI=1S/C21H25N5O2S/c1-14-6-7-15(2)26(14)21-24-23-20(29-21)25-12-4-5-16(13-25)19(27)22-17-8-10-18(28-3)11-9-17/h6-11,16H,4-5,12-13H2,1-3H3,(H,22,27). The number of hydrogen-bond donors (Lipinski definition) is 1. The summed E-state index contributed by atoms with van der Waals surface area (Å²) < 4.78 is 7.27. The second kappa shape index (κ2) is 8.24. The molecule has 0 radical (unpaired) electrons. The van der Waals surface area contributed by atoms with Crippen LogP contribution in [-0.4, -0.2) is 40.9 Å². The van der Waals surface area contributed by atoms with Crippen molar-refractivity contribution in [2.75, 3.05) is 30.4 Å². The van der Waals surface area contributed by atoms with Gasteiger partial charge in [-0.15, -0.1) is 10.2 Å². The Morgan fingerprint density at radius 3 is 2.48 bits per heavy atom. The van der Waals surface area contributed by atoms with Crippen molar-refractivity contribution in [2.24, 2.45) is 5.92 Å². The minimum absolute atomic E-state index is 0.0432. The summed E-state index contributed by atoms with van der Waals surface area (Å²) in [5, 5.41) is 13.5. The summed E-state index contributed by atoms with van der Waals surface area (Å²) in [5.74, 6) is 0.738. The number of carbonyl (C=O) groups is 1. The number of hydrogen-bond acceptors (Lipinski definition) is 6. The molecule has 2 aromatic heterocycles. The van der Waals surface area contributed by atoms with Gasteiger partial charge in [0.2, 0.25) is 16.2 Å². The number of anilines is 2. The molecule has 1 fully saturated rings. The fourth-order valence-electron chi connectivity index (χ4n) is 3.68. The van der Waals surface area contributed by atoms with Crippen LogP contribution < -0.4 is 15.0 Å². The quantitative estimate of drug-likeness (QED) is 0.691. The molecule has 29 heavy (non-hydrogen) atoms. The predicted molar refractivity (Wildman–Crippen MR) is 115 cm³/mol. The van der Waals surface area contributed by atoms with Crippen LogP contribution in [0.4, 0.5) is 10.8 Å². The van der Waals surface area contributed by atoms with Crippen LogP contribution in [0.3, 0.4) is 0 Å². The Balaban J connectivity index is 1.43. The SMILES string of the molecule is COc1ccc(NC(=O)C2CCCN(c3nnc(-n4c(C)ccc4C)s3)C2)cc1. The maximum absolute atomic E-state index is 12.8. The monoisotopic (exact) mass is 411 g/mol. The Kier molecular flexibility index (Phi) is 5.53. The van der Waals surface area contributed by atoms with E-state index >= 15 is 0 Å². The van der Waals surface area contributed by atoms with Crippen LogP contribution in [0.25, 0.3) is 5.13 Å². The van der Waals surface area contributed by atoms with Crippen LogP contribution in [0.2, 0.25) is 0 Å². The van der Waals surface area contributed by atoms with Gasteiger partial charge in [-0.3, -0.25) is 9.36 Å². The van der Waals surface area contributed by atoms with E-state index < -0.39 is 0 Å². The summed E-state index contributed by atoms with van der Waals surface area (Å²) >= 11 is 1.57. The molecule has 1 aliphatic rings. The number of aromatic nitrogens is 3. The Morgan fingerprint density at radius 1 is 1.10 bits per heavy atom. The Labute approximate surface area is 174 Å². The maximum atomic E-state index is 12.8. The highest BCUT2D eigenvalue weighted by Gasteiger charge is 2.28. The third-order valence-corrected chi connectivity index (χ3v) is 6.26. The topological polar surface area (TPSA) is 72.3 Å². The number of nitrogens with zero attached hydrogens (tertiary/aromatic N) is 4. The van der Waals surface area contributed by atoms with Gasteiger partial charge in [-0.1, -0.05) is 11.3 Å². The van der Waals surface area contributed by atoms with E-state index in [1.54, 1.807) is 18.4 Å². The number of piperidine rings is 1. The van der Waals surface area contributed by atoms with Crippen LogP contribution in [-0.2, 0) is 4.79 Å². The Morgan fingerprint density at radius 2 is 1.79 bits per heavy atom. The van der Waals surface area contributed by atoms with Crippen LogP contribution in [0.5, 0.6) is 5.75 Å². The zero-order chi connectivity index (χ0) is 20.4. The molecule has 0 aliphatic carbocycles. The van der Waals surface area contributed by atoms with Crippen molar-refractivity contribution in [2.45, 2.75) is 26.7 Å². The van der Waals surface area contributed by atoms with Crippen LogP contribution in [0.15, 0.2) is 36.4 Å². The lowest BCUT2D eigenvalue weighted by Crippen LogP contribution is -2.40. The first-order valence-electron chi connectivity index (χ1n) is 9.74. The van der Waals surface area contributed by atoms with Gasteiger partial charge in [-0.2, -0.15) is 0 Å². The van der Waals surface area contributed by atoms with Crippen molar-refractivity contribution in [3.05, 3.63) is 47.8 Å². The largest absolute Gasteiger partial charge is 0.497 e. The zero-order valence-corrected chi connectivity index (χ0v) is 17.7. The third-order valence-electron chi connectivity index (χ3n) is 5.29. The van der Waals surface area contributed by atoms with E-state index in [9.17, 15) is 4.79 Å². The number of rotatable bonds is 5. The highest BCUT2D eigenvalue weighted by atomic mass is 32.1. The van der Waals surface area contributed by atoms with E-state index in [1.165, 1.54) is 0 Å². The van der Waals surface area contributed by atoms with Crippen molar-refractivity contribution in [1.82, 2.24) is 14.8 Å². The number of amides is 1. The summed E-state index contributed by atoms with van der Waals surface area (Å²) in [6.07, 6.45) is 1.83. The molecule has 3 heterocycles. The summed E-state index contributed by atoms with van der Waals surface area (Å²) in [5.41, 5.74) is 3.06. The van der Waals surface area contributed by atoms with Gasteiger partial charge in [-0.05, 0) is 63.1 Å². The van der Waals surface area contributed by atoms with Crippen molar-refractivity contribution in [3.63, 3.8) is 0 Å². The van der Waals surface area contributed by atoms with Gasteiger partial charge in [0.25, 0.3) is 0 Å². The second-order valence-electron chi connectivity index (χ2n) is 7.32. The van der Waals surface area contributed by atoms with E-state index in [0.717, 1.165) is 52.5 Å². The summed E-state index contributed by atoms with van der Waals surface area (Å²) in [4.78, 5) is 15.0. The average Bonchev–Trinajstić information content (AvgIpc) is 3.35. The van der Waals surface area contributed by atoms with Crippen LogP contribution in [0.1, 0.15) is 24.2 Å². The van der Waals surface area contributed by atoms with Gasteiger partial charge in [0.15, 0.2) is 0 Å². The van der Waals surface area contributed by atoms with E-state index in [-0.39, 0.29) is 11.8 Å². The number of aryl methyl sites for hydroxylation is 2. The Hall–Kier alpha value is -2.87. The van der Waals surface area contributed by atoms with Crippen molar-refractivity contribution < 1.29 is 9.53 Å². The lowest BCUT2D eigenvalue weighted by atomic mass is 9.97. The van der Waals surface area contributed by atoms with Crippen molar-refractivity contribution in [1.29, 1.82) is 0 Å².